The number of nitrogens with zero attached hydrogens (tertiary/aromatic N) is 2. The van der Waals surface area contributed by atoms with Gasteiger partial charge in [-0.15, -0.1) is 0 Å². The summed E-state index contributed by atoms with van der Waals surface area (Å²) in [4.78, 5) is 18.8. The Bertz CT molecular complexity index is 633. The first kappa shape index (κ1) is 19.9. The minimum absolute atomic E-state index is 0.127. The molecule has 1 aromatic rings. The van der Waals surface area contributed by atoms with Crippen LogP contribution in [0.4, 0.5) is 0 Å². The van der Waals surface area contributed by atoms with Gasteiger partial charge in [0.15, 0.2) is 5.96 Å². The van der Waals surface area contributed by atoms with E-state index in [1.54, 1.807) is 25.3 Å². The Labute approximate surface area is 155 Å². The molecule has 0 aromatic heterocycles. The number of aromatic hydroxyl groups is 1. The Morgan fingerprint density at radius 3 is 2.92 bits per heavy atom. The van der Waals surface area contributed by atoms with E-state index >= 15 is 0 Å². The van der Waals surface area contributed by atoms with E-state index in [4.69, 9.17) is 9.47 Å². The normalized spacial score (nSPS) is 17.7. The first-order valence-corrected chi connectivity index (χ1v) is 9.14. The summed E-state index contributed by atoms with van der Waals surface area (Å²) in [7, 11) is 1.59. The molecule has 0 bridgehead atoms. The molecule has 1 fully saturated rings. The molecule has 7 nitrogen and oxygen atoms in total. The van der Waals surface area contributed by atoms with Gasteiger partial charge in [-0.3, -0.25) is 4.79 Å². The minimum Gasteiger partial charge on any atom is -0.508 e. The molecule has 2 N–H and O–H groups in total. The van der Waals surface area contributed by atoms with Crippen molar-refractivity contribution < 1.29 is 19.4 Å². The summed E-state index contributed by atoms with van der Waals surface area (Å²) in [6, 6.07) is 5.09. The standard InChI is InChI=1S/C19H29N3O4/c1-4-20-19(21-12-15-11-16(25-3)8-9-17(15)23)22-10-6-7-14(13-22)18(24)26-5-2/h8-9,11,14,23H,4-7,10,12-13H2,1-3H3,(H,20,21). The summed E-state index contributed by atoms with van der Waals surface area (Å²) in [5.41, 5.74) is 0.693. The number of hydrogen-bond donors (Lipinski definition) is 2. The second-order valence-electron chi connectivity index (χ2n) is 6.20. The largest absolute Gasteiger partial charge is 0.508 e. The maximum atomic E-state index is 12.1. The average Bonchev–Trinajstić information content (AvgIpc) is 2.66. The Kier molecular flexibility index (Phi) is 7.56. The SMILES string of the molecule is CCNC(=NCc1cc(OC)ccc1O)N1CCCC(C(=O)OCC)C1. The van der Waals surface area contributed by atoms with Gasteiger partial charge in [-0.1, -0.05) is 0 Å². The zero-order valence-electron chi connectivity index (χ0n) is 15.8. The number of piperidine rings is 1. The highest BCUT2D eigenvalue weighted by atomic mass is 16.5. The number of ether oxygens (including phenoxy) is 2. The maximum absolute atomic E-state index is 12.1. The first-order chi connectivity index (χ1) is 12.6. The van der Waals surface area contributed by atoms with Gasteiger partial charge in [0.2, 0.25) is 0 Å². The van der Waals surface area contributed by atoms with Crippen LogP contribution in [-0.4, -0.2) is 55.3 Å². The van der Waals surface area contributed by atoms with Crippen molar-refractivity contribution in [2.24, 2.45) is 10.9 Å². The van der Waals surface area contributed by atoms with Crippen molar-refractivity contribution in [2.75, 3.05) is 33.4 Å². The smallest absolute Gasteiger partial charge is 0.310 e. The highest BCUT2D eigenvalue weighted by Gasteiger charge is 2.28. The fraction of sp³-hybridized carbons (Fsp3) is 0.579. The molecule has 1 aliphatic rings. The van der Waals surface area contributed by atoms with Gasteiger partial charge >= 0.3 is 5.97 Å². The zero-order chi connectivity index (χ0) is 18.9. The lowest BCUT2D eigenvalue weighted by Crippen LogP contribution is -2.48. The van der Waals surface area contributed by atoms with Crippen LogP contribution in [0.5, 0.6) is 11.5 Å². The number of guanidine groups is 1. The number of aliphatic imine (C=N–C) groups is 1. The molecular weight excluding hydrogens is 334 g/mol. The molecule has 1 saturated heterocycles. The molecule has 0 saturated carbocycles. The number of phenols is 1. The van der Waals surface area contributed by atoms with Gasteiger partial charge in [0, 0.05) is 25.2 Å². The molecule has 0 spiro atoms. The van der Waals surface area contributed by atoms with E-state index in [9.17, 15) is 9.90 Å². The van der Waals surface area contributed by atoms with Gasteiger partial charge in [-0.2, -0.15) is 0 Å². The Morgan fingerprint density at radius 2 is 2.23 bits per heavy atom. The Morgan fingerprint density at radius 1 is 1.42 bits per heavy atom. The monoisotopic (exact) mass is 363 g/mol. The van der Waals surface area contributed by atoms with Crippen LogP contribution in [0.25, 0.3) is 0 Å². The molecule has 0 radical (unpaired) electrons. The predicted octanol–water partition coefficient (Wildman–Crippen LogP) is 2.14. The second-order valence-corrected chi connectivity index (χ2v) is 6.20. The van der Waals surface area contributed by atoms with Crippen molar-refractivity contribution >= 4 is 11.9 Å². The molecular formula is C19H29N3O4. The van der Waals surface area contributed by atoms with Crippen molar-refractivity contribution in [3.8, 4) is 11.5 Å². The van der Waals surface area contributed by atoms with Gasteiger partial charge in [-0.25, -0.2) is 4.99 Å². The molecule has 1 aromatic carbocycles. The molecule has 0 amide bonds. The number of esters is 1. The highest BCUT2D eigenvalue weighted by Crippen LogP contribution is 2.24. The summed E-state index contributed by atoms with van der Waals surface area (Å²) in [6.07, 6.45) is 1.75. The molecule has 2 rings (SSSR count). The second kappa shape index (κ2) is 9.89. The van der Waals surface area contributed by atoms with Crippen molar-refractivity contribution in [3.63, 3.8) is 0 Å². The van der Waals surface area contributed by atoms with Crippen LogP contribution in [-0.2, 0) is 16.1 Å². The molecule has 1 aliphatic heterocycles. The van der Waals surface area contributed by atoms with Crippen LogP contribution >= 0.6 is 0 Å². The molecule has 0 aliphatic carbocycles. The van der Waals surface area contributed by atoms with Crippen LogP contribution in [0.2, 0.25) is 0 Å². The average molecular weight is 363 g/mol. The quantitative estimate of drug-likeness (QED) is 0.458. The van der Waals surface area contributed by atoms with E-state index < -0.39 is 0 Å². The van der Waals surface area contributed by atoms with Gasteiger partial charge in [-0.05, 0) is 44.9 Å². The lowest BCUT2D eigenvalue weighted by Gasteiger charge is -2.34. The third-order valence-electron chi connectivity index (χ3n) is 4.36. The van der Waals surface area contributed by atoms with Crippen molar-refractivity contribution in [3.05, 3.63) is 23.8 Å². The lowest BCUT2D eigenvalue weighted by molar-refractivity contribution is -0.149. The number of methoxy groups -OCH3 is 1. The van der Waals surface area contributed by atoms with Gasteiger partial charge in [0.1, 0.15) is 11.5 Å². The van der Waals surface area contributed by atoms with Crippen LogP contribution < -0.4 is 10.1 Å². The Hall–Kier alpha value is -2.44. The molecule has 1 unspecified atom stereocenters. The molecule has 144 valence electrons. The summed E-state index contributed by atoms with van der Waals surface area (Å²) < 4.78 is 10.4. The number of benzene rings is 1. The van der Waals surface area contributed by atoms with Crippen LogP contribution in [0.3, 0.4) is 0 Å². The third-order valence-corrected chi connectivity index (χ3v) is 4.36. The van der Waals surface area contributed by atoms with Gasteiger partial charge in [0.05, 0.1) is 26.2 Å². The van der Waals surface area contributed by atoms with Crippen LogP contribution in [0.15, 0.2) is 23.2 Å². The number of rotatable bonds is 6. The Balaban J connectivity index is 2.12. The van der Waals surface area contributed by atoms with Gasteiger partial charge in [0.25, 0.3) is 0 Å². The van der Waals surface area contributed by atoms with Crippen molar-refractivity contribution in [1.29, 1.82) is 0 Å². The number of nitrogens with one attached hydrogen (secondary N) is 1. The van der Waals surface area contributed by atoms with E-state index in [0.717, 1.165) is 31.9 Å². The fourth-order valence-corrected chi connectivity index (χ4v) is 3.02. The van der Waals surface area contributed by atoms with E-state index in [1.807, 2.05) is 13.8 Å². The van der Waals surface area contributed by atoms with E-state index in [2.05, 4.69) is 15.2 Å². The summed E-state index contributed by atoms with van der Waals surface area (Å²) in [6.45, 7) is 6.71. The van der Waals surface area contributed by atoms with E-state index in [1.165, 1.54) is 0 Å². The lowest BCUT2D eigenvalue weighted by atomic mass is 9.98. The highest BCUT2D eigenvalue weighted by molar-refractivity contribution is 5.81. The zero-order valence-corrected chi connectivity index (χ0v) is 15.8. The molecule has 7 heteroatoms. The van der Waals surface area contributed by atoms with Crippen LogP contribution in [0, 0.1) is 5.92 Å². The van der Waals surface area contributed by atoms with Gasteiger partial charge < -0.3 is 24.8 Å². The third kappa shape index (κ3) is 5.28. The predicted molar refractivity (Wildman–Crippen MR) is 100 cm³/mol. The topological polar surface area (TPSA) is 83.4 Å². The minimum atomic E-state index is -0.140. The summed E-state index contributed by atoms with van der Waals surface area (Å²) in [5, 5.41) is 13.3. The summed E-state index contributed by atoms with van der Waals surface area (Å²) >= 11 is 0. The first-order valence-electron chi connectivity index (χ1n) is 9.14. The van der Waals surface area contributed by atoms with E-state index in [0.29, 0.717) is 31.0 Å². The molecule has 1 heterocycles. The number of carbonyl (C=O) groups excluding carboxylic acids is 1. The maximum Gasteiger partial charge on any atom is 0.310 e. The van der Waals surface area contributed by atoms with Crippen molar-refractivity contribution in [1.82, 2.24) is 10.2 Å². The number of hydrogen-bond acceptors (Lipinski definition) is 5. The molecule has 1 atom stereocenters. The number of carbonyl (C=O) groups is 1. The molecule has 26 heavy (non-hydrogen) atoms. The van der Waals surface area contributed by atoms with E-state index in [-0.39, 0.29) is 17.6 Å². The summed E-state index contributed by atoms with van der Waals surface area (Å²) in [5.74, 6) is 1.34. The number of phenolic OH excluding ortho intramolecular Hbond substituents is 1. The number of likely N-dealkylation sites (tertiary alicyclic amines) is 1. The van der Waals surface area contributed by atoms with Crippen LogP contribution in [0.1, 0.15) is 32.3 Å². The van der Waals surface area contributed by atoms with Crippen molar-refractivity contribution in [2.45, 2.75) is 33.2 Å². The fourth-order valence-electron chi connectivity index (χ4n) is 3.02.